The van der Waals surface area contributed by atoms with Crippen molar-refractivity contribution in [2.75, 3.05) is 14.2 Å². The number of carbonyl (C=O) groups excluding carboxylic acids is 2. The molecule has 3 aliphatic rings. The minimum absolute atomic E-state index is 0.0929. The number of ether oxygens (including phenoxy) is 6. The molecule has 0 aromatic heterocycles. The fraction of sp³-hybridized carbons (Fsp3) is 0.944. The van der Waals surface area contributed by atoms with Gasteiger partial charge in [0.15, 0.2) is 12.6 Å². The van der Waals surface area contributed by atoms with Crippen molar-refractivity contribution < 1.29 is 63.5 Å². The van der Waals surface area contributed by atoms with E-state index in [0.29, 0.717) is 6.42 Å². The second-order valence-corrected chi connectivity index (χ2v) is 15.8. The van der Waals surface area contributed by atoms with Crippen LogP contribution in [0.25, 0.3) is 0 Å². The van der Waals surface area contributed by atoms with Crippen LogP contribution in [0.4, 0.5) is 0 Å². The fourth-order valence-corrected chi connectivity index (χ4v) is 8.21. The molecular formula is C36H65NO13. The summed E-state index contributed by atoms with van der Waals surface area (Å²) in [6, 6.07) is -0.375. The zero-order chi connectivity index (χ0) is 38.1. The third kappa shape index (κ3) is 9.07. The molecule has 0 saturated carbocycles. The fourth-order valence-electron chi connectivity index (χ4n) is 8.21. The molecule has 3 fully saturated rings. The van der Waals surface area contributed by atoms with Gasteiger partial charge in [-0.3, -0.25) is 9.59 Å². The third-order valence-electron chi connectivity index (χ3n) is 11.6. The Kier molecular flexibility index (Phi) is 14.5. The average Bonchev–Trinajstić information content (AvgIpc) is 3.05. The predicted octanol–water partition coefficient (Wildman–Crippen LogP) is 1.44. The van der Waals surface area contributed by atoms with E-state index in [1.165, 1.54) is 27.9 Å². The molecular weight excluding hydrogens is 654 g/mol. The Labute approximate surface area is 297 Å². The van der Waals surface area contributed by atoms with Gasteiger partial charge >= 0.3 is 5.97 Å². The lowest BCUT2D eigenvalue weighted by Crippen LogP contribution is -2.61. The molecule has 0 spiro atoms. The lowest BCUT2D eigenvalue weighted by Gasteiger charge is -2.48. The Bertz CT molecular complexity index is 1140. The van der Waals surface area contributed by atoms with E-state index >= 15 is 0 Å². The van der Waals surface area contributed by atoms with Gasteiger partial charge in [0.25, 0.3) is 0 Å². The topological polar surface area (TPSA) is 203 Å². The van der Waals surface area contributed by atoms with Crippen molar-refractivity contribution in [2.45, 2.75) is 179 Å². The summed E-state index contributed by atoms with van der Waals surface area (Å²) >= 11 is 0. The summed E-state index contributed by atoms with van der Waals surface area (Å²) in [6.07, 6.45) is -9.76. The summed E-state index contributed by atoms with van der Waals surface area (Å²) in [4.78, 5) is 27.8. The number of esters is 1. The Morgan fingerprint density at radius 2 is 1.52 bits per heavy atom. The van der Waals surface area contributed by atoms with E-state index < -0.39 is 108 Å². The van der Waals surface area contributed by atoms with Crippen LogP contribution in [-0.4, -0.2) is 136 Å². The van der Waals surface area contributed by atoms with E-state index in [1.54, 1.807) is 48.6 Å². The molecule has 6 N–H and O–H groups in total. The second kappa shape index (κ2) is 16.8. The lowest BCUT2D eigenvalue weighted by molar-refractivity contribution is -0.316. The monoisotopic (exact) mass is 719 g/mol. The van der Waals surface area contributed by atoms with Crippen LogP contribution in [0.3, 0.4) is 0 Å². The van der Waals surface area contributed by atoms with Gasteiger partial charge in [0.05, 0.1) is 47.6 Å². The van der Waals surface area contributed by atoms with Gasteiger partial charge in [-0.1, -0.05) is 27.7 Å². The van der Waals surface area contributed by atoms with E-state index in [9.17, 15) is 35.1 Å². The first kappa shape index (κ1) is 43.1. The van der Waals surface area contributed by atoms with Gasteiger partial charge in [-0.2, -0.15) is 0 Å². The maximum Gasteiger partial charge on any atom is 0.311 e. The van der Waals surface area contributed by atoms with Gasteiger partial charge in [0.2, 0.25) is 0 Å². The van der Waals surface area contributed by atoms with Crippen molar-refractivity contribution in [3.8, 4) is 0 Å². The molecule has 50 heavy (non-hydrogen) atoms. The van der Waals surface area contributed by atoms with Crippen molar-refractivity contribution in [1.82, 2.24) is 5.32 Å². The number of hydrogen-bond acceptors (Lipinski definition) is 14. The summed E-state index contributed by atoms with van der Waals surface area (Å²) in [6.45, 7) is 16.3. The summed E-state index contributed by atoms with van der Waals surface area (Å²) in [5.41, 5.74) is -4.84. The molecule has 3 heterocycles. The standard InChI is InChI=1S/C36H65NO13/c1-13-24-36(10,44)29(40)19(4)26(38)17(2)15-34(8,43)31(50-33-27(39)23(37-11)14-18(3)46-33)20(5)28(21(6)32(42)48-24)49-25-16-35(9,45-12)30(41)22(7)47-25/h17-25,27-31,33,37,39-41,43-44H,13-16H2,1-12H3/t17-,18-,19+,20+,21-,22+,23+,24-,25+,27-,28?,29-,30+,31-,33+,34-,35-,36-/m1/s1. The third-order valence-corrected chi connectivity index (χ3v) is 11.6. The number of nitrogens with one attached hydrogen (secondary N) is 1. The maximum absolute atomic E-state index is 14.0. The van der Waals surface area contributed by atoms with Crippen LogP contribution >= 0.6 is 0 Å². The van der Waals surface area contributed by atoms with Crippen LogP contribution in [-0.2, 0) is 38.0 Å². The minimum atomic E-state index is -1.99. The lowest BCUT2D eigenvalue weighted by atomic mass is 9.74. The van der Waals surface area contributed by atoms with Gasteiger partial charge in [-0.25, -0.2) is 0 Å². The zero-order valence-corrected chi connectivity index (χ0v) is 32.0. The number of cyclic esters (lactones) is 1. The normalized spacial score (nSPS) is 50.4. The number of carbonyl (C=O) groups is 2. The Morgan fingerprint density at radius 3 is 2.08 bits per heavy atom. The van der Waals surface area contributed by atoms with E-state index in [2.05, 4.69) is 5.32 Å². The molecule has 0 bridgehead atoms. The van der Waals surface area contributed by atoms with Crippen LogP contribution in [0.2, 0.25) is 0 Å². The number of hydrogen-bond donors (Lipinski definition) is 6. The van der Waals surface area contributed by atoms with E-state index in [1.807, 2.05) is 6.92 Å². The molecule has 3 aliphatic heterocycles. The van der Waals surface area contributed by atoms with E-state index in [-0.39, 0.29) is 31.4 Å². The summed E-state index contributed by atoms with van der Waals surface area (Å²) in [5.74, 6) is -4.98. The number of aliphatic hydroxyl groups excluding tert-OH is 3. The highest BCUT2D eigenvalue weighted by atomic mass is 16.7. The van der Waals surface area contributed by atoms with Gasteiger partial charge in [-0.05, 0) is 67.9 Å². The molecule has 0 aromatic rings. The van der Waals surface area contributed by atoms with Crippen molar-refractivity contribution in [3.05, 3.63) is 0 Å². The van der Waals surface area contributed by atoms with Crippen molar-refractivity contribution in [1.29, 1.82) is 0 Å². The molecule has 14 heteroatoms. The molecule has 3 saturated heterocycles. The highest BCUT2D eigenvalue weighted by Crippen LogP contribution is 2.40. The minimum Gasteiger partial charge on any atom is -0.459 e. The maximum atomic E-state index is 14.0. The molecule has 3 rings (SSSR count). The van der Waals surface area contributed by atoms with Crippen LogP contribution in [0.15, 0.2) is 0 Å². The first-order chi connectivity index (χ1) is 23.1. The highest BCUT2D eigenvalue weighted by molar-refractivity contribution is 5.83. The summed E-state index contributed by atoms with van der Waals surface area (Å²) in [5, 5.41) is 60.4. The molecule has 18 atom stereocenters. The Hall–Kier alpha value is -1.30. The number of ketones is 1. The number of rotatable bonds is 7. The smallest absolute Gasteiger partial charge is 0.311 e. The molecule has 0 amide bonds. The molecule has 0 aliphatic carbocycles. The zero-order valence-electron chi connectivity index (χ0n) is 32.0. The predicted molar refractivity (Wildman–Crippen MR) is 182 cm³/mol. The van der Waals surface area contributed by atoms with Crippen LogP contribution in [0.5, 0.6) is 0 Å². The second-order valence-electron chi connectivity index (χ2n) is 15.8. The summed E-state index contributed by atoms with van der Waals surface area (Å²) < 4.78 is 36.9. The number of Topliss-reactive ketones (excluding diaryl/α,β-unsaturated/α-hetero) is 1. The first-order valence-corrected chi connectivity index (χ1v) is 18.1. The molecule has 292 valence electrons. The van der Waals surface area contributed by atoms with Gasteiger partial charge in [0, 0.05) is 37.3 Å². The Balaban J connectivity index is 2.17. The quantitative estimate of drug-likeness (QED) is 0.206. The van der Waals surface area contributed by atoms with Crippen molar-refractivity contribution in [3.63, 3.8) is 0 Å². The Morgan fingerprint density at radius 1 is 0.900 bits per heavy atom. The number of aliphatic hydroxyl groups is 5. The van der Waals surface area contributed by atoms with Crippen molar-refractivity contribution in [2.24, 2.45) is 23.7 Å². The number of likely N-dealkylation sites (N-methyl/N-ethyl adjacent to an activating group) is 1. The largest absolute Gasteiger partial charge is 0.459 e. The van der Waals surface area contributed by atoms with Gasteiger partial charge in [0.1, 0.15) is 29.7 Å². The van der Waals surface area contributed by atoms with Crippen LogP contribution < -0.4 is 5.32 Å². The SMILES string of the molecule is CC[C@H]1OC(=O)[C@H](C)C(O[C@H]2C[C@@](C)(OC)[C@@H](O)[C@H](C)O2)[C@H](C)[C@@H](O[C@@H]2O[C@H](C)C[C@H](NC)[C@H]2O)[C@](C)(O)C[C@@H](C)C(=O)[C@H](C)[C@@H](O)[C@]1(C)O. The first-order valence-electron chi connectivity index (χ1n) is 18.1. The highest BCUT2D eigenvalue weighted by Gasteiger charge is 2.53. The molecule has 1 unspecified atom stereocenters. The molecule has 0 aromatic carbocycles. The van der Waals surface area contributed by atoms with Crippen LogP contribution in [0, 0.1) is 23.7 Å². The average molecular weight is 720 g/mol. The van der Waals surface area contributed by atoms with Gasteiger partial charge in [-0.15, -0.1) is 0 Å². The van der Waals surface area contributed by atoms with E-state index in [0.717, 1.165) is 0 Å². The van der Waals surface area contributed by atoms with Gasteiger partial charge < -0.3 is 59.3 Å². The molecule has 14 nitrogen and oxygen atoms in total. The molecule has 0 radical (unpaired) electrons. The van der Waals surface area contributed by atoms with Crippen LogP contribution in [0.1, 0.15) is 94.9 Å². The van der Waals surface area contributed by atoms with E-state index in [4.69, 9.17) is 28.4 Å². The summed E-state index contributed by atoms with van der Waals surface area (Å²) in [7, 11) is 3.20. The van der Waals surface area contributed by atoms with Crippen molar-refractivity contribution >= 4 is 11.8 Å². The number of methoxy groups -OCH3 is 1.